The molecular weight excluding hydrogens is 353 g/mol. The topological polar surface area (TPSA) is 12.5 Å². The van der Waals surface area contributed by atoms with Crippen molar-refractivity contribution in [1.29, 1.82) is 0 Å². The van der Waals surface area contributed by atoms with E-state index in [0.717, 1.165) is 0 Å². The van der Waals surface area contributed by atoms with Gasteiger partial charge in [0.1, 0.15) is 0 Å². The Morgan fingerprint density at radius 1 is 1.31 bits per heavy atom. The Hall–Kier alpha value is 1.04. The third-order valence-electron chi connectivity index (χ3n) is 3.67. The Balaban J connectivity index is 0.000000845. The van der Waals surface area contributed by atoms with Gasteiger partial charge in [-0.3, -0.25) is 4.90 Å². The summed E-state index contributed by atoms with van der Waals surface area (Å²) >= 11 is 0. The first kappa shape index (κ1) is 12.1. The van der Waals surface area contributed by atoms with Crippen LogP contribution in [-0.2, 0) is 25.6 Å². The van der Waals surface area contributed by atoms with Gasteiger partial charge in [0, 0.05) is 36.1 Å². The second-order valence-electron chi connectivity index (χ2n) is 4.08. The molecule has 2 nitrogen and oxygen atoms in total. The average Bonchev–Trinajstić information content (AvgIpc) is 2.60. The Morgan fingerprint density at radius 2 is 1.85 bits per heavy atom. The molecule has 2 atom stereocenters. The minimum Gasteiger partial charge on any atom is -0.361 e. The summed E-state index contributed by atoms with van der Waals surface area (Å²) in [5, 5.41) is 0. The Morgan fingerprint density at radius 3 is 2.31 bits per heavy atom. The van der Waals surface area contributed by atoms with Gasteiger partial charge in [-0.15, -0.1) is 0 Å². The second kappa shape index (κ2) is 4.71. The molecule has 2 heterocycles. The molecular formula is C9H18NOPW. The summed E-state index contributed by atoms with van der Waals surface area (Å²) in [6.07, 6.45) is 5.77. The van der Waals surface area contributed by atoms with Crippen molar-refractivity contribution in [3.8, 4) is 0 Å². The number of fused-ring (bicyclic) bond motifs is 1. The minimum atomic E-state index is 0. The molecule has 0 radical (unpaired) electrons. The van der Waals surface area contributed by atoms with E-state index in [2.05, 4.69) is 21.3 Å². The van der Waals surface area contributed by atoms with E-state index < -0.39 is 0 Å². The Bertz CT molecular complexity index is 169. The summed E-state index contributed by atoms with van der Waals surface area (Å²) in [4.78, 5) is 2.63. The van der Waals surface area contributed by atoms with Crippen LogP contribution in [0.25, 0.3) is 0 Å². The van der Waals surface area contributed by atoms with Crippen molar-refractivity contribution in [2.75, 3.05) is 13.1 Å². The average molecular weight is 371 g/mol. The normalized spacial score (nSPS) is 28.2. The molecule has 0 amide bonds. The zero-order valence-electron chi connectivity index (χ0n) is 8.16. The first-order valence-corrected chi connectivity index (χ1v) is 5.37. The molecule has 2 unspecified atom stereocenters. The van der Waals surface area contributed by atoms with Crippen molar-refractivity contribution >= 4 is 9.47 Å². The fourth-order valence-corrected chi connectivity index (χ4v) is 3.19. The molecule has 0 saturated carbocycles. The van der Waals surface area contributed by atoms with Crippen LogP contribution in [0.4, 0.5) is 0 Å². The van der Waals surface area contributed by atoms with Gasteiger partial charge in [-0.1, -0.05) is 0 Å². The van der Waals surface area contributed by atoms with E-state index in [1.807, 2.05) is 0 Å². The zero-order chi connectivity index (χ0) is 8.60. The van der Waals surface area contributed by atoms with Crippen LogP contribution in [0.1, 0.15) is 32.6 Å². The molecule has 76 valence electrons. The molecule has 0 spiro atoms. The fourth-order valence-electron chi connectivity index (χ4n) is 2.94. The number of nitrogens with zero attached hydrogens (tertiary/aromatic N) is 1. The van der Waals surface area contributed by atoms with E-state index in [1.165, 1.54) is 38.8 Å². The first-order valence-electron chi connectivity index (χ1n) is 4.90. The Kier molecular flexibility index (Phi) is 4.38. The summed E-state index contributed by atoms with van der Waals surface area (Å²) < 4.78 is 5.41. The first-order chi connectivity index (χ1) is 5.79. The van der Waals surface area contributed by atoms with E-state index in [0.29, 0.717) is 11.6 Å². The van der Waals surface area contributed by atoms with Crippen LogP contribution in [-0.4, -0.2) is 29.6 Å². The molecule has 2 saturated heterocycles. The molecule has 2 aliphatic heterocycles. The molecule has 2 aliphatic rings. The van der Waals surface area contributed by atoms with Crippen molar-refractivity contribution in [2.24, 2.45) is 0 Å². The van der Waals surface area contributed by atoms with Gasteiger partial charge in [0.2, 0.25) is 0 Å². The van der Waals surface area contributed by atoms with Crippen LogP contribution < -0.4 is 0 Å². The summed E-state index contributed by atoms with van der Waals surface area (Å²) in [5.74, 6) is 0. The van der Waals surface area contributed by atoms with Crippen molar-refractivity contribution in [3.63, 3.8) is 0 Å². The SMILES string of the molecule is CC(OP)C12CCCN1CCC2.[W]. The molecule has 0 aliphatic carbocycles. The van der Waals surface area contributed by atoms with Gasteiger partial charge in [0.05, 0.1) is 6.10 Å². The van der Waals surface area contributed by atoms with Crippen molar-refractivity contribution in [2.45, 2.75) is 44.2 Å². The molecule has 2 rings (SSSR count). The van der Waals surface area contributed by atoms with E-state index in [1.54, 1.807) is 0 Å². The molecule has 0 aromatic carbocycles. The molecule has 0 aromatic rings. The molecule has 2 fully saturated rings. The molecule has 0 N–H and O–H groups in total. The summed E-state index contributed by atoms with van der Waals surface area (Å²) in [7, 11) is 2.41. The summed E-state index contributed by atoms with van der Waals surface area (Å²) in [5.41, 5.74) is 0.405. The van der Waals surface area contributed by atoms with Crippen LogP contribution in [0.2, 0.25) is 0 Å². The van der Waals surface area contributed by atoms with Crippen molar-refractivity contribution in [3.05, 3.63) is 0 Å². The second-order valence-corrected chi connectivity index (χ2v) is 4.35. The smallest absolute Gasteiger partial charge is 0.0766 e. The van der Waals surface area contributed by atoms with Crippen molar-refractivity contribution < 1.29 is 25.6 Å². The van der Waals surface area contributed by atoms with Gasteiger partial charge in [-0.05, 0) is 45.7 Å². The molecule has 4 heteroatoms. The third kappa shape index (κ3) is 1.88. The van der Waals surface area contributed by atoms with Crippen LogP contribution in [0.15, 0.2) is 0 Å². The summed E-state index contributed by atoms with van der Waals surface area (Å²) in [6, 6.07) is 0. The van der Waals surface area contributed by atoms with Gasteiger partial charge < -0.3 is 4.52 Å². The van der Waals surface area contributed by atoms with E-state index in [-0.39, 0.29) is 21.1 Å². The van der Waals surface area contributed by atoms with E-state index >= 15 is 0 Å². The monoisotopic (exact) mass is 371 g/mol. The van der Waals surface area contributed by atoms with Crippen LogP contribution >= 0.6 is 9.47 Å². The van der Waals surface area contributed by atoms with Gasteiger partial charge >= 0.3 is 0 Å². The van der Waals surface area contributed by atoms with E-state index in [9.17, 15) is 0 Å². The van der Waals surface area contributed by atoms with Crippen LogP contribution in [0, 0.1) is 0 Å². The minimum absolute atomic E-state index is 0. The molecule has 0 bridgehead atoms. The Labute approximate surface area is 97.3 Å². The van der Waals surface area contributed by atoms with Crippen molar-refractivity contribution in [1.82, 2.24) is 4.90 Å². The number of hydrogen-bond donors (Lipinski definition) is 0. The molecule has 0 aromatic heterocycles. The number of rotatable bonds is 2. The largest absolute Gasteiger partial charge is 0.361 e. The predicted octanol–water partition coefficient (Wildman–Crippen LogP) is 1.81. The van der Waals surface area contributed by atoms with Gasteiger partial charge in [0.25, 0.3) is 0 Å². The summed E-state index contributed by atoms with van der Waals surface area (Å²) in [6.45, 7) is 4.79. The number of hydrogen-bond acceptors (Lipinski definition) is 2. The van der Waals surface area contributed by atoms with Crippen LogP contribution in [0.3, 0.4) is 0 Å². The maximum atomic E-state index is 5.41. The zero-order valence-corrected chi connectivity index (χ0v) is 12.2. The maximum absolute atomic E-state index is 5.41. The van der Waals surface area contributed by atoms with E-state index in [4.69, 9.17) is 4.52 Å². The standard InChI is InChI=1S/C9H18NOP.W/c1-8(11-12)9-4-2-6-10(9)7-3-5-9;/h8H,2-7,12H2,1H3;. The van der Waals surface area contributed by atoms with Gasteiger partial charge in [0.15, 0.2) is 0 Å². The van der Waals surface area contributed by atoms with Gasteiger partial charge in [-0.2, -0.15) is 0 Å². The maximum Gasteiger partial charge on any atom is 0.0766 e. The van der Waals surface area contributed by atoms with Gasteiger partial charge in [-0.25, -0.2) is 0 Å². The molecule has 13 heavy (non-hydrogen) atoms. The van der Waals surface area contributed by atoms with Crippen LogP contribution in [0.5, 0.6) is 0 Å². The quantitative estimate of drug-likeness (QED) is 0.687. The fraction of sp³-hybridized carbons (Fsp3) is 1.00. The third-order valence-corrected chi connectivity index (χ3v) is 4.07. The predicted molar refractivity (Wildman–Crippen MR) is 53.0 cm³/mol.